The molecule has 3 aliphatic heterocycles. The van der Waals surface area contributed by atoms with Crippen molar-refractivity contribution < 1.29 is 19.2 Å². The predicted molar refractivity (Wildman–Crippen MR) is 123 cm³/mol. The van der Waals surface area contributed by atoms with E-state index in [2.05, 4.69) is 10.6 Å². The molecule has 2 fully saturated rings. The molecule has 33 heavy (non-hydrogen) atoms. The van der Waals surface area contributed by atoms with Crippen LogP contribution in [-0.2, 0) is 24.7 Å². The van der Waals surface area contributed by atoms with Gasteiger partial charge in [-0.2, -0.15) is 0 Å². The third-order valence-corrected chi connectivity index (χ3v) is 7.50. The Hall–Kier alpha value is -2.94. The molecule has 4 atom stereocenters. The Morgan fingerprint density at radius 2 is 1.91 bits per heavy atom. The minimum absolute atomic E-state index is 0.00369. The maximum Gasteiger partial charge on any atom is 0.250 e. The van der Waals surface area contributed by atoms with Crippen molar-refractivity contribution in [2.45, 2.75) is 31.3 Å². The second kappa shape index (κ2) is 7.55. The van der Waals surface area contributed by atoms with Gasteiger partial charge in [0.05, 0.1) is 23.2 Å². The molecule has 10 heteroatoms. The molecule has 2 aromatic rings. The molecule has 2 saturated heterocycles. The second-order valence-electron chi connectivity index (χ2n) is 8.61. The number of nitrogens with one attached hydrogen (secondary N) is 2. The highest BCUT2D eigenvalue weighted by Crippen LogP contribution is 2.55. The zero-order chi connectivity index (χ0) is 23.7. The zero-order valence-electron chi connectivity index (χ0n) is 17.5. The van der Waals surface area contributed by atoms with Crippen molar-refractivity contribution in [1.29, 1.82) is 0 Å². The molecule has 0 bridgehead atoms. The Morgan fingerprint density at radius 3 is 2.61 bits per heavy atom. The van der Waals surface area contributed by atoms with E-state index in [1.807, 2.05) is 0 Å². The van der Waals surface area contributed by atoms with Gasteiger partial charge in [0, 0.05) is 28.1 Å². The lowest BCUT2D eigenvalue weighted by atomic mass is 9.76. The number of fused-ring (bicyclic) bond motifs is 4. The number of carbonyl (C=O) groups excluding carboxylic acids is 4. The van der Waals surface area contributed by atoms with E-state index in [-0.39, 0.29) is 12.8 Å². The Kier molecular flexibility index (Phi) is 5.00. The number of benzene rings is 2. The van der Waals surface area contributed by atoms with E-state index in [1.165, 1.54) is 6.07 Å². The number of nitrogens with zero attached hydrogens (tertiary/aromatic N) is 1. The van der Waals surface area contributed by atoms with Crippen molar-refractivity contribution in [3.8, 4) is 0 Å². The van der Waals surface area contributed by atoms with Crippen molar-refractivity contribution in [2.75, 3.05) is 10.2 Å². The minimum Gasteiger partial charge on any atom is -0.370 e. The lowest BCUT2D eigenvalue weighted by Gasteiger charge is -2.29. The van der Waals surface area contributed by atoms with E-state index in [0.29, 0.717) is 32.5 Å². The van der Waals surface area contributed by atoms with Crippen LogP contribution in [0.5, 0.6) is 0 Å². The van der Waals surface area contributed by atoms with Gasteiger partial charge in [0.25, 0.3) is 0 Å². The summed E-state index contributed by atoms with van der Waals surface area (Å²) in [6.07, 6.45) is 0.208. The molecule has 1 spiro atoms. The lowest BCUT2D eigenvalue weighted by molar-refractivity contribution is -0.130. The summed E-state index contributed by atoms with van der Waals surface area (Å²) in [5.41, 5.74) is 5.96. The molecule has 3 heterocycles. The van der Waals surface area contributed by atoms with Gasteiger partial charge in [-0.25, -0.2) is 4.90 Å². The van der Waals surface area contributed by atoms with Crippen LogP contribution >= 0.6 is 23.2 Å². The Labute approximate surface area is 199 Å². The van der Waals surface area contributed by atoms with Crippen molar-refractivity contribution in [3.05, 3.63) is 57.6 Å². The van der Waals surface area contributed by atoms with Crippen LogP contribution in [0.15, 0.2) is 36.4 Å². The fourth-order valence-corrected chi connectivity index (χ4v) is 5.75. The molecule has 0 aliphatic carbocycles. The quantitative estimate of drug-likeness (QED) is 0.573. The van der Waals surface area contributed by atoms with E-state index in [1.54, 1.807) is 37.3 Å². The monoisotopic (exact) mass is 486 g/mol. The maximum atomic E-state index is 13.8. The molecule has 0 unspecified atom stereocenters. The zero-order valence-corrected chi connectivity index (χ0v) is 19.0. The van der Waals surface area contributed by atoms with Crippen LogP contribution in [0.25, 0.3) is 0 Å². The van der Waals surface area contributed by atoms with E-state index in [0.717, 1.165) is 4.90 Å². The molecule has 4 N–H and O–H groups in total. The normalized spacial score (nSPS) is 27.8. The van der Waals surface area contributed by atoms with Crippen LogP contribution in [0.2, 0.25) is 10.0 Å². The summed E-state index contributed by atoms with van der Waals surface area (Å²) in [6, 6.07) is 9.19. The first-order chi connectivity index (χ1) is 15.7. The van der Waals surface area contributed by atoms with Gasteiger partial charge in [0.2, 0.25) is 23.6 Å². The molecular weight excluding hydrogens is 467 g/mol. The van der Waals surface area contributed by atoms with Gasteiger partial charge in [0.15, 0.2) is 0 Å². The number of halogens is 2. The van der Waals surface area contributed by atoms with Crippen LogP contribution in [0, 0.1) is 18.8 Å². The number of rotatable bonds is 4. The number of hydrogen-bond donors (Lipinski definition) is 3. The smallest absolute Gasteiger partial charge is 0.250 e. The van der Waals surface area contributed by atoms with Gasteiger partial charge in [-0.1, -0.05) is 35.3 Å². The Balaban J connectivity index is 1.67. The highest BCUT2D eigenvalue weighted by molar-refractivity contribution is 6.33. The van der Waals surface area contributed by atoms with Crippen LogP contribution < -0.4 is 21.3 Å². The lowest BCUT2D eigenvalue weighted by Crippen LogP contribution is -2.53. The van der Waals surface area contributed by atoms with Crippen molar-refractivity contribution in [2.24, 2.45) is 17.6 Å². The first-order valence-electron chi connectivity index (χ1n) is 10.5. The highest BCUT2D eigenvalue weighted by Gasteiger charge is 2.70. The molecule has 8 nitrogen and oxygen atoms in total. The second-order valence-corrected chi connectivity index (χ2v) is 9.45. The molecular formula is C23H20Cl2N4O4. The van der Waals surface area contributed by atoms with E-state index < -0.39 is 47.0 Å². The van der Waals surface area contributed by atoms with Crippen LogP contribution in [0.4, 0.5) is 11.4 Å². The standard InChI is InChI=1S/C23H20Cl2N4O4/c1-10-14(25)6-5-13-19(10)27-22(33)23(13)18-17(15(28-23)7-8-16(26)30)20(31)29(21(18)32)12-4-2-3-11(24)9-12/h2-6,9,15,17-18,28H,7-8H2,1H3,(H2,26,30)(H,27,33)/t15-,17+,18-,23-/m0/s1. The number of primary amides is 1. The molecule has 170 valence electrons. The van der Waals surface area contributed by atoms with Crippen LogP contribution in [-0.4, -0.2) is 29.7 Å². The van der Waals surface area contributed by atoms with Crippen LogP contribution in [0.1, 0.15) is 24.0 Å². The number of hydrogen-bond acceptors (Lipinski definition) is 5. The predicted octanol–water partition coefficient (Wildman–Crippen LogP) is 2.49. The molecule has 5 rings (SSSR count). The summed E-state index contributed by atoms with van der Waals surface area (Å²) in [6.45, 7) is 1.78. The molecule has 3 aliphatic rings. The number of amides is 4. The van der Waals surface area contributed by atoms with Gasteiger partial charge < -0.3 is 11.1 Å². The van der Waals surface area contributed by atoms with Gasteiger partial charge in [-0.3, -0.25) is 24.5 Å². The largest absolute Gasteiger partial charge is 0.370 e. The first kappa shape index (κ1) is 21.9. The topological polar surface area (TPSA) is 122 Å². The van der Waals surface area contributed by atoms with Crippen molar-refractivity contribution >= 4 is 58.2 Å². The molecule has 2 aromatic carbocycles. The Bertz CT molecular complexity index is 1250. The number of imide groups is 1. The highest BCUT2D eigenvalue weighted by atomic mass is 35.5. The van der Waals surface area contributed by atoms with Crippen molar-refractivity contribution in [1.82, 2.24) is 5.32 Å². The van der Waals surface area contributed by atoms with E-state index in [4.69, 9.17) is 28.9 Å². The van der Waals surface area contributed by atoms with E-state index in [9.17, 15) is 19.2 Å². The molecule has 0 saturated carbocycles. The SMILES string of the molecule is Cc1c(Cl)ccc2c1NC(=O)[C@]21N[C@@H](CCC(N)=O)[C@H]2C(=O)N(c3cccc(Cl)c3)C(=O)[C@H]21. The first-order valence-corrected chi connectivity index (χ1v) is 11.2. The number of anilines is 2. The third kappa shape index (κ3) is 3.01. The van der Waals surface area contributed by atoms with Crippen LogP contribution in [0.3, 0.4) is 0 Å². The summed E-state index contributed by atoms with van der Waals surface area (Å²) in [5, 5.41) is 6.96. The molecule has 0 radical (unpaired) electrons. The third-order valence-electron chi connectivity index (χ3n) is 6.85. The summed E-state index contributed by atoms with van der Waals surface area (Å²) >= 11 is 12.4. The van der Waals surface area contributed by atoms with Crippen molar-refractivity contribution in [3.63, 3.8) is 0 Å². The van der Waals surface area contributed by atoms with Gasteiger partial charge in [-0.15, -0.1) is 0 Å². The average molecular weight is 487 g/mol. The minimum atomic E-state index is -1.47. The van der Waals surface area contributed by atoms with E-state index >= 15 is 0 Å². The van der Waals surface area contributed by atoms with Gasteiger partial charge >= 0.3 is 0 Å². The maximum absolute atomic E-state index is 13.8. The molecule has 0 aromatic heterocycles. The average Bonchev–Trinajstić information content (AvgIpc) is 3.34. The summed E-state index contributed by atoms with van der Waals surface area (Å²) < 4.78 is 0. The van der Waals surface area contributed by atoms with Gasteiger partial charge in [0.1, 0.15) is 5.54 Å². The molecule has 4 amide bonds. The van der Waals surface area contributed by atoms with Gasteiger partial charge in [-0.05, 0) is 43.2 Å². The summed E-state index contributed by atoms with van der Waals surface area (Å²) in [4.78, 5) is 53.5. The summed E-state index contributed by atoms with van der Waals surface area (Å²) in [7, 11) is 0. The number of carbonyl (C=O) groups is 4. The number of nitrogens with two attached hydrogens (primary N) is 1. The Morgan fingerprint density at radius 1 is 1.15 bits per heavy atom. The summed E-state index contributed by atoms with van der Waals surface area (Å²) in [5.74, 6) is -3.78. The fourth-order valence-electron chi connectivity index (χ4n) is 5.41. The fraction of sp³-hybridized carbons (Fsp3) is 0.304.